The van der Waals surface area contributed by atoms with Crippen molar-refractivity contribution in [2.45, 2.75) is 38.2 Å². The summed E-state index contributed by atoms with van der Waals surface area (Å²) < 4.78 is 0. The first kappa shape index (κ1) is 23.7. The highest BCUT2D eigenvalue weighted by molar-refractivity contribution is 6.07. The van der Waals surface area contributed by atoms with Gasteiger partial charge in [0.05, 0.1) is 22.9 Å². The lowest BCUT2D eigenvalue weighted by atomic mass is 9.82. The number of benzene rings is 1. The van der Waals surface area contributed by atoms with Crippen LogP contribution in [0.25, 0.3) is 22.2 Å². The third-order valence-corrected chi connectivity index (χ3v) is 7.50. The molecule has 1 saturated carbocycles. The maximum absolute atomic E-state index is 13.3. The minimum Gasteiger partial charge on any atom is -0.391 e. The van der Waals surface area contributed by atoms with Gasteiger partial charge >= 0.3 is 0 Å². The fourth-order valence-corrected chi connectivity index (χ4v) is 5.45. The molecule has 35 heavy (non-hydrogen) atoms. The number of para-hydroxylation sites is 1. The molecule has 0 bridgehead atoms. The van der Waals surface area contributed by atoms with Gasteiger partial charge in [-0.25, -0.2) is 9.97 Å². The van der Waals surface area contributed by atoms with Gasteiger partial charge in [-0.3, -0.25) is 4.79 Å². The van der Waals surface area contributed by atoms with Crippen molar-refractivity contribution in [3.8, 4) is 11.3 Å². The van der Waals surface area contributed by atoms with Crippen LogP contribution in [0.1, 0.15) is 42.5 Å². The fourth-order valence-electron chi connectivity index (χ4n) is 5.45. The number of aliphatic hydroxyl groups excluding tert-OH is 1. The Bertz CT molecular complexity index is 1160. The third-order valence-electron chi connectivity index (χ3n) is 7.50. The van der Waals surface area contributed by atoms with Crippen molar-refractivity contribution < 1.29 is 9.90 Å². The molecular formula is C28H35N5O2. The number of nitrogens with zero attached hydrogens (tertiary/aromatic N) is 3. The lowest BCUT2D eigenvalue weighted by Gasteiger charge is -2.28. The Morgan fingerprint density at radius 1 is 1.06 bits per heavy atom. The van der Waals surface area contributed by atoms with Gasteiger partial charge in [0.15, 0.2) is 0 Å². The van der Waals surface area contributed by atoms with E-state index in [1.807, 2.05) is 55.7 Å². The zero-order valence-electron chi connectivity index (χ0n) is 20.4. The Balaban J connectivity index is 1.32. The number of rotatable bonds is 7. The summed E-state index contributed by atoms with van der Waals surface area (Å²) in [6.45, 7) is 3.22. The Morgan fingerprint density at radius 2 is 1.83 bits per heavy atom. The number of aliphatic hydroxyl groups is 1. The Kier molecular flexibility index (Phi) is 7.25. The Hall–Kier alpha value is -3.03. The molecule has 0 unspecified atom stereocenters. The van der Waals surface area contributed by atoms with E-state index < -0.39 is 0 Å². The standard InChI is InChI=1S/C28H35N5O2/c1-29-15-19-6-8-20(9-7-19)16-31-28(35)24-14-26(32-25-5-3-2-4-23(24)25)21-10-11-27(30-17-21)33-13-12-22(34)18-33/h2-5,10-11,14,17,19-20,22,29,34H,6-9,12-13,15-16,18H2,1H3,(H,31,35)/t19-,20-,22-/m1/s1. The summed E-state index contributed by atoms with van der Waals surface area (Å²) >= 11 is 0. The number of anilines is 1. The average molecular weight is 474 g/mol. The van der Waals surface area contributed by atoms with Crippen molar-refractivity contribution in [1.82, 2.24) is 20.6 Å². The van der Waals surface area contributed by atoms with E-state index in [2.05, 4.69) is 20.5 Å². The fraction of sp³-hybridized carbons (Fsp3) is 0.464. The van der Waals surface area contributed by atoms with Crippen LogP contribution in [0.2, 0.25) is 0 Å². The van der Waals surface area contributed by atoms with Gasteiger partial charge in [-0.05, 0) is 81.8 Å². The number of nitrogens with one attached hydrogen (secondary N) is 2. The molecule has 0 spiro atoms. The molecule has 1 aliphatic carbocycles. The monoisotopic (exact) mass is 473 g/mol. The second-order valence-corrected chi connectivity index (χ2v) is 10.0. The number of aromatic nitrogens is 2. The topological polar surface area (TPSA) is 90.4 Å². The molecule has 3 N–H and O–H groups in total. The van der Waals surface area contributed by atoms with Crippen LogP contribution in [0, 0.1) is 11.8 Å². The first-order chi connectivity index (χ1) is 17.1. The molecule has 7 heteroatoms. The maximum atomic E-state index is 13.3. The number of carbonyl (C=O) groups is 1. The van der Waals surface area contributed by atoms with Gasteiger partial charge in [0, 0.05) is 36.8 Å². The van der Waals surface area contributed by atoms with Gasteiger partial charge in [-0.15, -0.1) is 0 Å². The minimum absolute atomic E-state index is 0.0437. The predicted molar refractivity (Wildman–Crippen MR) is 140 cm³/mol. The molecule has 2 fully saturated rings. The normalized spacial score (nSPS) is 22.5. The van der Waals surface area contributed by atoms with Crippen LogP contribution in [0.4, 0.5) is 5.82 Å². The zero-order valence-corrected chi connectivity index (χ0v) is 20.4. The summed E-state index contributed by atoms with van der Waals surface area (Å²) in [5, 5.41) is 17.2. The number of hydrogen-bond donors (Lipinski definition) is 3. The second kappa shape index (κ2) is 10.7. The molecule has 7 nitrogen and oxygen atoms in total. The van der Waals surface area contributed by atoms with E-state index in [0.717, 1.165) is 60.0 Å². The highest BCUT2D eigenvalue weighted by Crippen LogP contribution is 2.29. The lowest BCUT2D eigenvalue weighted by Crippen LogP contribution is -2.32. The van der Waals surface area contributed by atoms with Crippen LogP contribution in [0.5, 0.6) is 0 Å². The van der Waals surface area contributed by atoms with E-state index in [4.69, 9.17) is 4.98 Å². The summed E-state index contributed by atoms with van der Waals surface area (Å²) in [4.78, 5) is 24.8. The average Bonchev–Trinajstić information content (AvgIpc) is 3.34. The smallest absolute Gasteiger partial charge is 0.252 e. The summed E-state index contributed by atoms with van der Waals surface area (Å²) in [6.07, 6.45) is 7.07. The zero-order chi connectivity index (χ0) is 24.2. The van der Waals surface area contributed by atoms with Gasteiger partial charge in [0.2, 0.25) is 0 Å². The summed E-state index contributed by atoms with van der Waals surface area (Å²) in [6, 6.07) is 13.7. The molecular weight excluding hydrogens is 438 g/mol. The number of carbonyl (C=O) groups excluding carboxylic acids is 1. The molecule has 1 atom stereocenters. The van der Waals surface area contributed by atoms with Crippen LogP contribution >= 0.6 is 0 Å². The largest absolute Gasteiger partial charge is 0.391 e. The Labute approximate surface area is 207 Å². The van der Waals surface area contributed by atoms with E-state index in [1.165, 1.54) is 25.7 Å². The quantitative estimate of drug-likeness (QED) is 0.486. The molecule has 3 aromatic rings. The predicted octanol–water partition coefficient (Wildman–Crippen LogP) is 3.62. The van der Waals surface area contributed by atoms with Crippen LogP contribution in [0.15, 0.2) is 48.7 Å². The molecule has 1 saturated heterocycles. The first-order valence-corrected chi connectivity index (χ1v) is 12.8. The molecule has 184 valence electrons. The Morgan fingerprint density at radius 3 is 2.51 bits per heavy atom. The van der Waals surface area contributed by atoms with Crippen LogP contribution in [-0.4, -0.2) is 60.3 Å². The molecule has 2 aromatic heterocycles. The molecule has 1 aliphatic heterocycles. The number of amides is 1. The van der Waals surface area contributed by atoms with E-state index in [-0.39, 0.29) is 12.0 Å². The molecule has 2 aliphatic rings. The maximum Gasteiger partial charge on any atom is 0.252 e. The molecule has 0 radical (unpaired) electrons. The summed E-state index contributed by atoms with van der Waals surface area (Å²) in [5.74, 6) is 2.11. The molecule has 5 rings (SSSR count). The summed E-state index contributed by atoms with van der Waals surface area (Å²) in [7, 11) is 2.02. The lowest BCUT2D eigenvalue weighted by molar-refractivity contribution is 0.0943. The van der Waals surface area contributed by atoms with E-state index in [1.54, 1.807) is 0 Å². The number of hydrogen-bond acceptors (Lipinski definition) is 6. The highest BCUT2D eigenvalue weighted by Gasteiger charge is 2.23. The second-order valence-electron chi connectivity index (χ2n) is 10.0. The van der Waals surface area contributed by atoms with Crippen molar-refractivity contribution in [3.05, 3.63) is 54.2 Å². The summed E-state index contributed by atoms with van der Waals surface area (Å²) in [5.41, 5.74) is 3.06. The number of pyridine rings is 2. The third kappa shape index (κ3) is 5.46. The van der Waals surface area contributed by atoms with Gasteiger partial charge in [-0.1, -0.05) is 18.2 Å². The van der Waals surface area contributed by atoms with E-state index in [9.17, 15) is 9.90 Å². The first-order valence-electron chi connectivity index (χ1n) is 12.8. The van der Waals surface area contributed by atoms with E-state index in [0.29, 0.717) is 18.0 Å². The molecule has 3 heterocycles. The van der Waals surface area contributed by atoms with Crippen molar-refractivity contribution in [2.24, 2.45) is 11.8 Å². The van der Waals surface area contributed by atoms with Crippen LogP contribution in [0.3, 0.4) is 0 Å². The molecule has 1 amide bonds. The van der Waals surface area contributed by atoms with Crippen LogP contribution in [-0.2, 0) is 0 Å². The van der Waals surface area contributed by atoms with E-state index >= 15 is 0 Å². The van der Waals surface area contributed by atoms with Crippen molar-refractivity contribution >= 4 is 22.6 Å². The van der Waals surface area contributed by atoms with Crippen molar-refractivity contribution in [3.63, 3.8) is 0 Å². The van der Waals surface area contributed by atoms with Crippen molar-refractivity contribution in [1.29, 1.82) is 0 Å². The van der Waals surface area contributed by atoms with Gasteiger partial charge in [-0.2, -0.15) is 0 Å². The SMILES string of the molecule is CNC[C@H]1CC[C@H](CNC(=O)c2cc(-c3ccc(N4CC[C@@H](O)C4)nc3)nc3ccccc23)CC1. The van der Waals surface area contributed by atoms with Gasteiger partial charge in [0.25, 0.3) is 5.91 Å². The van der Waals surface area contributed by atoms with Crippen LogP contribution < -0.4 is 15.5 Å². The van der Waals surface area contributed by atoms with Gasteiger partial charge < -0.3 is 20.6 Å². The minimum atomic E-state index is -0.289. The number of fused-ring (bicyclic) bond motifs is 1. The van der Waals surface area contributed by atoms with Gasteiger partial charge in [0.1, 0.15) is 5.82 Å². The highest BCUT2D eigenvalue weighted by atomic mass is 16.3. The molecule has 1 aromatic carbocycles. The number of β-amino-alcohol motifs (C(OH)–C–C–N with tert-alkyl or cyclic N) is 1. The van der Waals surface area contributed by atoms with Crippen molar-refractivity contribution in [2.75, 3.05) is 38.1 Å².